The number of carbonyl (C=O) groups excluding carboxylic acids is 1. The molecule has 0 saturated heterocycles. The van der Waals surface area contributed by atoms with Gasteiger partial charge in [0.25, 0.3) is 0 Å². The Morgan fingerprint density at radius 3 is 2.81 bits per heavy atom. The van der Waals surface area contributed by atoms with Crippen molar-refractivity contribution in [3.8, 4) is 11.3 Å². The predicted molar refractivity (Wildman–Crippen MR) is 105 cm³/mol. The molecule has 4 aromatic rings. The van der Waals surface area contributed by atoms with E-state index < -0.39 is 0 Å². The topological polar surface area (TPSA) is 46.4 Å². The Balaban J connectivity index is 1.47. The maximum absolute atomic E-state index is 13.1. The van der Waals surface area contributed by atoms with Crippen molar-refractivity contribution in [3.05, 3.63) is 82.2 Å². The molecule has 0 aliphatic heterocycles. The van der Waals surface area contributed by atoms with E-state index in [1.165, 1.54) is 23.5 Å². The molecule has 136 valence electrons. The van der Waals surface area contributed by atoms with Crippen LogP contribution in [0.25, 0.3) is 16.2 Å². The summed E-state index contributed by atoms with van der Waals surface area (Å²) < 4.78 is 15.0. The molecule has 0 unspecified atom stereocenters. The van der Waals surface area contributed by atoms with Gasteiger partial charge in [-0.25, -0.2) is 9.37 Å². The number of rotatable bonds is 5. The smallest absolute Gasteiger partial charge is 0.226 e. The summed E-state index contributed by atoms with van der Waals surface area (Å²) in [5.74, 6) is -0.358. The Hall–Kier alpha value is -2.70. The molecule has 27 heavy (non-hydrogen) atoms. The van der Waals surface area contributed by atoms with E-state index in [1.54, 1.807) is 18.2 Å². The Morgan fingerprint density at radius 2 is 2.04 bits per heavy atom. The lowest BCUT2D eigenvalue weighted by Crippen LogP contribution is -2.24. The number of amides is 1. The maximum Gasteiger partial charge on any atom is 0.226 e. The van der Waals surface area contributed by atoms with Gasteiger partial charge >= 0.3 is 0 Å². The summed E-state index contributed by atoms with van der Waals surface area (Å²) in [7, 11) is 0. The van der Waals surface area contributed by atoms with Crippen LogP contribution in [0.15, 0.2) is 60.1 Å². The summed E-state index contributed by atoms with van der Waals surface area (Å²) in [6, 6.07) is 13.6. The van der Waals surface area contributed by atoms with Gasteiger partial charge in [0.05, 0.1) is 12.1 Å². The van der Waals surface area contributed by atoms with Crippen LogP contribution in [0, 0.1) is 5.82 Å². The van der Waals surface area contributed by atoms with E-state index in [1.807, 2.05) is 34.2 Å². The normalized spacial score (nSPS) is 11.0. The van der Waals surface area contributed by atoms with Crippen molar-refractivity contribution in [2.45, 2.75) is 13.0 Å². The fourth-order valence-corrected chi connectivity index (χ4v) is 3.88. The number of benzene rings is 2. The van der Waals surface area contributed by atoms with E-state index in [0.717, 1.165) is 27.5 Å². The average molecular weight is 400 g/mol. The second-order valence-corrected chi connectivity index (χ2v) is 7.37. The Kier molecular flexibility index (Phi) is 4.92. The van der Waals surface area contributed by atoms with E-state index in [2.05, 4.69) is 10.3 Å². The van der Waals surface area contributed by atoms with Crippen LogP contribution >= 0.6 is 22.9 Å². The second kappa shape index (κ2) is 7.50. The molecule has 2 aromatic carbocycles. The number of halogens is 2. The lowest BCUT2D eigenvalue weighted by molar-refractivity contribution is -0.120. The summed E-state index contributed by atoms with van der Waals surface area (Å²) in [4.78, 5) is 17.7. The number of thiazole rings is 1. The molecule has 0 radical (unpaired) electrons. The molecule has 0 fully saturated rings. The molecule has 0 spiro atoms. The van der Waals surface area contributed by atoms with Crippen LogP contribution in [0.5, 0.6) is 0 Å². The van der Waals surface area contributed by atoms with Gasteiger partial charge in [-0.05, 0) is 42.0 Å². The van der Waals surface area contributed by atoms with Crippen molar-refractivity contribution in [3.63, 3.8) is 0 Å². The summed E-state index contributed by atoms with van der Waals surface area (Å²) in [6.45, 7) is 0.428. The van der Waals surface area contributed by atoms with Gasteiger partial charge in [-0.2, -0.15) is 0 Å². The van der Waals surface area contributed by atoms with E-state index in [9.17, 15) is 9.18 Å². The maximum atomic E-state index is 13.1. The van der Waals surface area contributed by atoms with E-state index >= 15 is 0 Å². The fraction of sp³-hybridized carbons (Fsp3) is 0.100. The minimum absolute atomic E-state index is 0.0771. The number of nitrogens with one attached hydrogen (secondary N) is 1. The lowest BCUT2D eigenvalue weighted by atomic mass is 10.2. The number of fused-ring (bicyclic) bond motifs is 1. The lowest BCUT2D eigenvalue weighted by Gasteiger charge is -2.05. The first kappa shape index (κ1) is 17.7. The Bertz CT molecular complexity index is 1100. The quantitative estimate of drug-likeness (QED) is 0.528. The molecule has 1 amide bonds. The number of nitrogens with zero attached hydrogens (tertiary/aromatic N) is 2. The van der Waals surface area contributed by atoms with Crippen molar-refractivity contribution in [2.24, 2.45) is 0 Å². The summed E-state index contributed by atoms with van der Waals surface area (Å²) in [5, 5.41) is 5.48. The van der Waals surface area contributed by atoms with Crippen molar-refractivity contribution in [2.75, 3.05) is 0 Å². The highest BCUT2D eigenvalue weighted by Gasteiger charge is 2.12. The number of aromatic nitrogens is 2. The van der Waals surface area contributed by atoms with Gasteiger partial charge in [0.2, 0.25) is 5.91 Å². The highest BCUT2D eigenvalue weighted by Crippen LogP contribution is 2.24. The van der Waals surface area contributed by atoms with Crippen LogP contribution < -0.4 is 5.32 Å². The molecule has 7 heteroatoms. The molecule has 1 N–H and O–H groups in total. The minimum Gasteiger partial charge on any atom is -0.352 e. The van der Waals surface area contributed by atoms with Gasteiger partial charge in [0, 0.05) is 34.4 Å². The molecule has 0 bridgehead atoms. The van der Waals surface area contributed by atoms with Crippen LogP contribution in [0.2, 0.25) is 5.02 Å². The van der Waals surface area contributed by atoms with Crippen LogP contribution in [-0.4, -0.2) is 15.3 Å². The van der Waals surface area contributed by atoms with Crippen LogP contribution in [0.4, 0.5) is 4.39 Å². The van der Waals surface area contributed by atoms with E-state index in [0.29, 0.717) is 11.6 Å². The molecule has 0 aliphatic rings. The van der Waals surface area contributed by atoms with Crippen LogP contribution in [0.3, 0.4) is 0 Å². The molecule has 0 atom stereocenters. The molecule has 4 nitrogen and oxygen atoms in total. The molecule has 2 heterocycles. The van der Waals surface area contributed by atoms with Gasteiger partial charge in [0.1, 0.15) is 5.82 Å². The van der Waals surface area contributed by atoms with Crippen LogP contribution in [0.1, 0.15) is 11.3 Å². The highest BCUT2D eigenvalue weighted by molar-refractivity contribution is 7.15. The predicted octanol–water partition coefficient (Wildman–Crippen LogP) is 4.71. The SMILES string of the molecule is O=C(Cc1csc2nc(-c3ccc(F)cc3)cn12)NCc1cccc(Cl)c1. The van der Waals surface area contributed by atoms with Crippen molar-refractivity contribution in [1.82, 2.24) is 14.7 Å². The van der Waals surface area contributed by atoms with Gasteiger partial charge in [-0.15, -0.1) is 11.3 Å². The van der Waals surface area contributed by atoms with E-state index in [-0.39, 0.29) is 18.1 Å². The third-order valence-electron chi connectivity index (χ3n) is 4.14. The van der Waals surface area contributed by atoms with Gasteiger partial charge < -0.3 is 5.32 Å². The fourth-order valence-electron chi connectivity index (χ4n) is 2.79. The molecule has 2 aromatic heterocycles. The summed E-state index contributed by atoms with van der Waals surface area (Å²) >= 11 is 7.43. The molecular formula is C20H15ClFN3OS. The zero-order chi connectivity index (χ0) is 18.8. The monoisotopic (exact) mass is 399 g/mol. The van der Waals surface area contributed by atoms with Gasteiger partial charge in [0.15, 0.2) is 4.96 Å². The second-order valence-electron chi connectivity index (χ2n) is 6.10. The first-order valence-electron chi connectivity index (χ1n) is 8.31. The average Bonchev–Trinajstić information content (AvgIpc) is 3.23. The zero-order valence-corrected chi connectivity index (χ0v) is 15.7. The number of hydrogen-bond acceptors (Lipinski definition) is 3. The molecule has 0 saturated carbocycles. The summed E-state index contributed by atoms with van der Waals surface area (Å²) in [6.07, 6.45) is 2.12. The zero-order valence-electron chi connectivity index (χ0n) is 14.2. The van der Waals surface area contributed by atoms with Crippen molar-refractivity contribution >= 4 is 33.8 Å². The number of hydrogen-bond donors (Lipinski definition) is 1. The Labute approximate surface area is 164 Å². The molecule has 4 rings (SSSR count). The van der Waals surface area contributed by atoms with Crippen molar-refractivity contribution < 1.29 is 9.18 Å². The number of imidazole rings is 1. The third kappa shape index (κ3) is 4.02. The number of carbonyl (C=O) groups is 1. The molecular weight excluding hydrogens is 385 g/mol. The first-order valence-corrected chi connectivity index (χ1v) is 9.57. The van der Waals surface area contributed by atoms with Gasteiger partial charge in [-0.3, -0.25) is 9.20 Å². The van der Waals surface area contributed by atoms with Crippen LogP contribution in [-0.2, 0) is 17.8 Å². The largest absolute Gasteiger partial charge is 0.352 e. The standard InChI is InChI=1S/C20H15ClFN3OS/c21-15-3-1-2-13(8-15)10-23-19(26)9-17-12-27-20-24-18(11-25(17)20)14-4-6-16(22)7-5-14/h1-8,11-12H,9-10H2,(H,23,26). The Morgan fingerprint density at radius 1 is 1.22 bits per heavy atom. The third-order valence-corrected chi connectivity index (χ3v) is 5.27. The highest BCUT2D eigenvalue weighted by atomic mass is 35.5. The molecule has 0 aliphatic carbocycles. The van der Waals surface area contributed by atoms with E-state index in [4.69, 9.17) is 11.6 Å². The summed E-state index contributed by atoms with van der Waals surface area (Å²) in [5.41, 5.74) is 3.40. The first-order chi connectivity index (χ1) is 13.1. The van der Waals surface area contributed by atoms with Crippen molar-refractivity contribution in [1.29, 1.82) is 0 Å². The minimum atomic E-state index is -0.281. The van der Waals surface area contributed by atoms with Gasteiger partial charge in [-0.1, -0.05) is 23.7 Å².